The minimum Gasteiger partial charge on any atom is -0.390 e. The molecule has 15 heavy (non-hydrogen) atoms. The second-order valence-electron chi connectivity index (χ2n) is 2.70. The van der Waals surface area contributed by atoms with Crippen LogP contribution in [0.5, 0.6) is 0 Å². The molecule has 1 rings (SSSR count). The third kappa shape index (κ3) is 2.12. The standard InChI is InChI=1S/C11H6N4/c12-5-10(6-13)8-1-3-9(4-2-8)11(15)7-14/h1-4H,15H2. The van der Waals surface area contributed by atoms with Gasteiger partial charge in [-0.1, -0.05) is 24.3 Å². The molecule has 0 unspecified atom stereocenters. The minimum atomic E-state index is 0.0390. The molecule has 0 fully saturated rings. The fourth-order valence-corrected chi connectivity index (χ4v) is 1.04. The molecule has 4 heteroatoms. The van der Waals surface area contributed by atoms with Crippen LogP contribution in [0.25, 0.3) is 11.3 Å². The number of nitriles is 3. The molecular formula is C11H6N4. The zero-order valence-corrected chi connectivity index (χ0v) is 7.73. The van der Waals surface area contributed by atoms with Crippen molar-refractivity contribution in [3.63, 3.8) is 0 Å². The summed E-state index contributed by atoms with van der Waals surface area (Å²) >= 11 is 0. The molecule has 70 valence electrons. The lowest BCUT2D eigenvalue weighted by atomic mass is 10.1. The maximum atomic E-state index is 8.61. The van der Waals surface area contributed by atoms with Crippen LogP contribution in [0.15, 0.2) is 24.3 Å². The summed E-state index contributed by atoms with van der Waals surface area (Å²) in [5.74, 6) is 0. The van der Waals surface area contributed by atoms with Crippen LogP contribution in [0.4, 0.5) is 0 Å². The molecule has 0 atom stereocenters. The largest absolute Gasteiger partial charge is 0.390 e. The van der Waals surface area contributed by atoms with Gasteiger partial charge in [-0.3, -0.25) is 0 Å². The molecule has 0 radical (unpaired) electrons. The lowest BCUT2D eigenvalue weighted by Crippen LogP contribution is -2.15. The van der Waals surface area contributed by atoms with Crippen molar-refractivity contribution < 1.29 is 0 Å². The molecule has 2 N–H and O–H groups in total. The molecule has 0 aliphatic heterocycles. The molecular weight excluding hydrogens is 188 g/mol. The fraction of sp³-hybridized carbons (Fsp3) is 0. The normalized spacial score (nSPS) is 8.07. The van der Waals surface area contributed by atoms with Crippen LogP contribution >= 0.6 is 0 Å². The van der Waals surface area contributed by atoms with E-state index in [1.807, 2.05) is 6.07 Å². The number of benzene rings is 1. The van der Waals surface area contributed by atoms with E-state index >= 15 is 0 Å². The Morgan fingerprint density at radius 1 is 0.867 bits per heavy atom. The van der Waals surface area contributed by atoms with E-state index in [-0.39, 0.29) is 11.3 Å². The lowest BCUT2D eigenvalue weighted by Gasteiger charge is -1.89. The molecule has 1 aromatic carbocycles. The lowest BCUT2D eigenvalue weighted by molar-refractivity contribution is 1.44. The van der Waals surface area contributed by atoms with Crippen LogP contribution in [-0.2, 0) is 0 Å². The van der Waals surface area contributed by atoms with Crippen LogP contribution < -0.4 is 16.2 Å². The Kier molecular flexibility index (Phi) is 3.07. The second-order valence-corrected chi connectivity index (χ2v) is 2.70. The van der Waals surface area contributed by atoms with E-state index in [2.05, 4.69) is 0 Å². The topological polar surface area (TPSA) is 97.4 Å². The molecule has 0 saturated heterocycles. The maximum Gasteiger partial charge on any atom is 0.136 e. The zero-order chi connectivity index (χ0) is 11.3. The van der Waals surface area contributed by atoms with Crippen molar-refractivity contribution in [3.8, 4) is 18.2 Å². The molecule has 4 nitrogen and oxygen atoms in total. The van der Waals surface area contributed by atoms with Gasteiger partial charge >= 0.3 is 0 Å². The van der Waals surface area contributed by atoms with Gasteiger partial charge in [0.2, 0.25) is 0 Å². The van der Waals surface area contributed by atoms with Crippen LogP contribution in [0, 0.1) is 34.0 Å². The van der Waals surface area contributed by atoms with Gasteiger partial charge in [0.15, 0.2) is 0 Å². The van der Waals surface area contributed by atoms with Crippen LogP contribution in [-0.4, -0.2) is 0 Å². The summed E-state index contributed by atoms with van der Waals surface area (Å²) in [5.41, 5.74) is 5.55. The fourth-order valence-electron chi connectivity index (χ4n) is 1.04. The summed E-state index contributed by atoms with van der Waals surface area (Å²) in [6.07, 6.45) is 0. The van der Waals surface area contributed by atoms with Crippen molar-refractivity contribution in [2.75, 3.05) is 0 Å². The molecule has 0 spiro atoms. The van der Waals surface area contributed by atoms with E-state index in [1.165, 1.54) is 0 Å². The molecule has 0 heterocycles. The molecule has 1 aromatic rings. The maximum absolute atomic E-state index is 8.61. The van der Waals surface area contributed by atoms with Crippen LogP contribution in [0.2, 0.25) is 0 Å². The first kappa shape index (κ1) is 10.3. The van der Waals surface area contributed by atoms with E-state index in [0.717, 1.165) is 0 Å². The third-order valence-electron chi connectivity index (χ3n) is 1.83. The third-order valence-corrected chi connectivity index (χ3v) is 1.83. The number of hydrogen-bond donors (Lipinski definition) is 1. The average Bonchev–Trinajstić information content (AvgIpc) is 2.30. The van der Waals surface area contributed by atoms with Gasteiger partial charge in [-0.2, -0.15) is 15.8 Å². The monoisotopic (exact) mass is 194 g/mol. The van der Waals surface area contributed by atoms with Gasteiger partial charge in [-0.05, 0) is 0 Å². The Morgan fingerprint density at radius 3 is 1.73 bits per heavy atom. The SMILES string of the molecule is N#CC(N)=c1ccc(=C(C#N)C#N)cc1. The van der Waals surface area contributed by atoms with Crippen LogP contribution in [0.1, 0.15) is 0 Å². The second kappa shape index (κ2) is 4.46. The zero-order valence-electron chi connectivity index (χ0n) is 7.73. The predicted molar refractivity (Wildman–Crippen MR) is 53.5 cm³/mol. The first-order valence-electron chi connectivity index (χ1n) is 4.03. The predicted octanol–water partition coefficient (Wildman–Crippen LogP) is -0.525. The van der Waals surface area contributed by atoms with Gasteiger partial charge in [0.25, 0.3) is 0 Å². The Morgan fingerprint density at radius 2 is 1.33 bits per heavy atom. The number of rotatable bonds is 0. The van der Waals surface area contributed by atoms with Gasteiger partial charge in [0, 0.05) is 10.4 Å². The smallest absolute Gasteiger partial charge is 0.136 e. The number of nitrogens with zero attached hydrogens (tertiary/aromatic N) is 3. The average molecular weight is 194 g/mol. The summed E-state index contributed by atoms with van der Waals surface area (Å²) in [4.78, 5) is 0. The molecule has 0 aromatic heterocycles. The van der Waals surface area contributed by atoms with Crippen LogP contribution in [0.3, 0.4) is 0 Å². The van der Waals surface area contributed by atoms with Crippen molar-refractivity contribution in [1.29, 1.82) is 15.8 Å². The van der Waals surface area contributed by atoms with Gasteiger partial charge in [0.05, 0.1) is 0 Å². The Hall–Kier alpha value is -2.77. The van der Waals surface area contributed by atoms with E-state index < -0.39 is 0 Å². The Labute approximate surface area is 86.4 Å². The highest BCUT2D eigenvalue weighted by Crippen LogP contribution is 1.85. The van der Waals surface area contributed by atoms with Crippen molar-refractivity contribution in [3.05, 3.63) is 34.7 Å². The molecule has 0 saturated carbocycles. The van der Waals surface area contributed by atoms with Crippen molar-refractivity contribution >= 4 is 11.3 Å². The van der Waals surface area contributed by atoms with E-state index in [4.69, 9.17) is 21.5 Å². The molecule has 0 aliphatic carbocycles. The Balaban J connectivity index is 3.52. The van der Waals surface area contributed by atoms with Crippen molar-refractivity contribution in [2.45, 2.75) is 0 Å². The van der Waals surface area contributed by atoms with Gasteiger partial charge in [0.1, 0.15) is 29.5 Å². The summed E-state index contributed by atoms with van der Waals surface area (Å²) in [7, 11) is 0. The minimum absolute atomic E-state index is 0.0390. The highest BCUT2D eigenvalue weighted by Gasteiger charge is 1.93. The Bertz CT molecular complexity index is 581. The molecule has 0 bridgehead atoms. The van der Waals surface area contributed by atoms with Gasteiger partial charge in [-0.25, -0.2) is 0 Å². The molecule has 0 amide bonds. The van der Waals surface area contributed by atoms with Crippen molar-refractivity contribution in [1.82, 2.24) is 0 Å². The van der Waals surface area contributed by atoms with Crippen molar-refractivity contribution in [2.24, 2.45) is 5.73 Å². The first-order valence-corrected chi connectivity index (χ1v) is 4.03. The highest BCUT2D eigenvalue weighted by atomic mass is 14.6. The summed E-state index contributed by atoms with van der Waals surface area (Å²) < 4.78 is 0. The summed E-state index contributed by atoms with van der Waals surface area (Å²) in [6.45, 7) is 0. The van der Waals surface area contributed by atoms with E-state index in [0.29, 0.717) is 10.4 Å². The van der Waals surface area contributed by atoms with E-state index in [1.54, 1.807) is 36.4 Å². The molecule has 0 aliphatic rings. The first-order chi connectivity index (χ1) is 7.22. The van der Waals surface area contributed by atoms with Gasteiger partial charge < -0.3 is 5.73 Å². The quantitative estimate of drug-likeness (QED) is 0.600. The summed E-state index contributed by atoms with van der Waals surface area (Å²) in [6, 6.07) is 11.8. The number of hydrogen-bond acceptors (Lipinski definition) is 4. The van der Waals surface area contributed by atoms with Gasteiger partial charge in [-0.15, -0.1) is 0 Å². The summed E-state index contributed by atoms with van der Waals surface area (Å²) in [5, 5.41) is 26.9. The highest BCUT2D eigenvalue weighted by molar-refractivity contribution is 5.72. The van der Waals surface area contributed by atoms with E-state index in [9.17, 15) is 0 Å². The number of nitrogens with two attached hydrogens (primary N) is 1.